The molecule has 0 atom stereocenters. The van der Waals surface area contributed by atoms with E-state index in [-0.39, 0.29) is 0 Å². The van der Waals surface area contributed by atoms with E-state index in [0.717, 1.165) is 56.6 Å². The van der Waals surface area contributed by atoms with Crippen LogP contribution in [0.15, 0.2) is 340 Å². The van der Waals surface area contributed by atoms with Crippen molar-refractivity contribution < 1.29 is 0 Å². The SMILES string of the molecule is c1ccc(N(c2cccc(-c3ccc4c(c3)c3ccccc3n4-c3ccccc3)c2)c2cccc3c2-c2ccccc2C32c3ccccc3-c3c(N(c4ccccc4)c4cccc(-c5ccc6c(c5)c5ccccc5n6-c5ccccc5)c4)cccc32)cc1. The van der Waals surface area contributed by atoms with E-state index in [1.54, 1.807) is 0 Å². The summed E-state index contributed by atoms with van der Waals surface area (Å²) in [4.78, 5) is 4.97. The van der Waals surface area contributed by atoms with E-state index < -0.39 is 5.41 Å². The molecule has 0 unspecified atom stereocenters. The summed E-state index contributed by atoms with van der Waals surface area (Å²) >= 11 is 0. The Hall–Kier alpha value is -11.7. The minimum atomic E-state index is -0.638. The predicted molar refractivity (Wildman–Crippen MR) is 372 cm³/mol. The maximum atomic E-state index is 2.49. The van der Waals surface area contributed by atoms with Gasteiger partial charge in [-0.15, -0.1) is 0 Å². The predicted octanol–water partition coefficient (Wildman–Crippen LogP) is 22.5. The van der Waals surface area contributed by atoms with Crippen molar-refractivity contribution in [3.05, 3.63) is 362 Å². The lowest BCUT2D eigenvalue weighted by molar-refractivity contribution is 0.793. The fraction of sp³-hybridized carbons (Fsp3) is 0.0118. The van der Waals surface area contributed by atoms with Crippen LogP contribution >= 0.6 is 0 Å². The number of fused-ring (bicyclic) bond motifs is 16. The molecule has 0 N–H and O–H groups in total. The minimum absolute atomic E-state index is 0.638. The highest BCUT2D eigenvalue weighted by molar-refractivity contribution is 6.12. The maximum absolute atomic E-state index is 2.49. The fourth-order valence-electron chi connectivity index (χ4n) is 15.2. The van der Waals surface area contributed by atoms with Gasteiger partial charge in [-0.1, -0.05) is 218 Å². The van der Waals surface area contributed by atoms with Crippen LogP contribution in [0.25, 0.3) is 99.5 Å². The molecule has 4 heteroatoms. The molecule has 18 rings (SSSR count). The molecule has 2 aromatic heterocycles. The van der Waals surface area contributed by atoms with Crippen LogP contribution in [-0.4, -0.2) is 9.13 Å². The second-order valence-corrected chi connectivity index (χ2v) is 23.5. The van der Waals surface area contributed by atoms with E-state index >= 15 is 0 Å². The standard InChI is InChI=1S/C85H56N4/c1-5-27-61(28-6-1)86(65-35-21-25-57(53-65)59-49-51-79-71(55-59)67-37-15-19-45-77(67)88(79)63-31-9-3-10-32-63)81-47-23-43-75-83(81)69-39-13-17-41-73(69)85(75)74-42-18-14-40-70(74)84-76(85)44-24-48-82(84)87(62-29-7-2-8-30-62)66-36-22-26-58(54-66)60-50-52-80-72(56-60)68-38-16-20-46-78(68)89(80)64-33-11-4-12-34-64/h1-56H. The summed E-state index contributed by atoms with van der Waals surface area (Å²) in [5, 5.41) is 4.93. The Morgan fingerprint density at radius 1 is 0.225 bits per heavy atom. The second kappa shape index (κ2) is 20.2. The Morgan fingerprint density at radius 2 is 0.562 bits per heavy atom. The van der Waals surface area contributed by atoms with Crippen LogP contribution in [0, 0.1) is 0 Å². The van der Waals surface area contributed by atoms with Crippen LogP contribution in [0.1, 0.15) is 22.3 Å². The molecule has 4 nitrogen and oxygen atoms in total. The van der Waals surface area contributed by atoms with Crippen molar-refractivity contribution >= 4 is 77.7 Å². The molecule has 14 aromatic carbocycles. The van der Waals surface area contributed by atoms with Crippen molar-refractivity contribution in [3.63, 3.8) is 0 Å². The summed E-state index contributed by atoms with van der Waals surface area (Å²) in [6, 6.07) is 125. The van der Waals surface area contributed by atoms with Crippen molar-refractivity contribution in [1.82, 2.24) is 9.13 Å². The van der Waals surface area contributed by atoms with Crippen molar-refractivity contribution in [1.29, 1.82) is 0 Å². The van der Waals surface area contributed by atoms with E-state index in [4.69, 9.17) is 0 Å². The van der Waals surface area contributed by atoms with Crippen molar-refractivity contribution in [3.8, 4) is 55.9 Å². The Balaban J connectivity index is 0.798. The van der Waals surface area contributed by atoms with Gasteiger partial charge < -0.3 is 18.9 Å². The zero-order valence-corrected chi connectivity index (χ0v) is 48.6. The van der Waals surface area contributed by atoms with Gasteiger partial charge in [-0.2, -0.15) is 0 Å². The minimum Gasteiger partial charge on any atom is -0.310 e. The highest BCUT2D eigenvalue weighted by Gasteiger charge is 2.53. The number of benzene rings is 14. The van der Waals surface area contributed by atoms with Gasteiger partial charge in [0.2, 0.25) is 0 Å². The molecule has 0 aliphatic heterocycles. The molecule has 0 saturated heterocycles. The molecule has 89 heavy (non-hydrogen) atoms. The number of hydrogen-bond acceptors (Lipinski definition) is 2. The summed E-state index contributed by atoms with van der Waals surface area (Å²) in [5.74, 6) is 0. The lowest BCUT2D eigenvalue weighted by Crippen LogP contribution is -2.26. The Labute approximate surface area is 516 Å². The quantitative estimate of drug-likeness (QED) is 0.136. The molecule has 2 aliphatic carbocycles. The van der Waals surface area contributed by atoms with Crippen molar-refractivity contribution in [2.75, 3.05) is 9.80 Å². The van der Waals surface area contributed by atoms with Gasteiger partial charge in [-0.05, 0) is 177 Å². The molecule has 16 aromatic rings. The normalized spacial score (nSPS) is 12.6. The summed E-state index contributed by atoms with van der Waals surface area (Å²) in [6.07, 6.45) is 0. The Kier molecular flexibility index (Phi) is 11.5. The average Bonchev–Trinajstić information content (AvgIpc) is 1.51. The summed E-state index contributed by atoms with van der Waals surface area (Å²) < 4.78 is 4.77. The van der Waals surface area contributed by atoms with Crippen LogP contribution in [0.3, 0.4) is 0 Å². The van der Waals surface area contributed by atoms with Crippen molar-refractivity contribution in [2.24, 2.45) is 0 Å². The maximum Gasteiger partial charge on any atom is 0.0727 e. The number of hydrogen-bond donors (Lipinski definition) is 0. The summed E-state index contributed by atoms with van der Waals surface area (Å²) in [6.45, 7) is 0. The first kappa shape index (κ1) is 50.6. The largest absolute Gasteiger partial charge is 0.310 e. The van der Waals surface area contributed by atoms with E-state index in [2.05, 4.69) is 359 Å². The third kappa shape index (κ3) is 7.67. The molecule has 416 valence electrons. The van der Waals surface area contributed by atoms with Crippen LogP contribution < -0.4 is 9.80 Å². The monoisotopic (exact) mass is 1130 g/mol. The first-order valence-corrected chi connectivity index (χ1v) is 30.7. The number of nitrogens with zero attached hydrogens (tertiary/aromatic N) is 4. The van der Waals surface area contributed by atoms with Crippen LogP contribution in [-0.2, 0) is 5.41 Å². The molecule has 0 saturated carbocycles. The molecule has 0 amide bonds. The summed E-state index contributed by atoms with van der Waals surface area (Å²) in [7, 11) is 0. The lowest BCUT2D eigenvalue weighted by Gasteiger charge is -2.32. The van der Waals surface area contributed by atoms with E-state index in [9.17, 15) is 0 Å². The zero-order valence-electron chi connectivity index (χ0n) is 48.6. The zero-order chi connectivity index (χ0) is 58.6. The number of para-hydroxylation sites is 6. The molecule has 2 aliphatic rings. The highest BCUT2D eigenvalue weighted by atomic mass is 15.2. The topological polar surface area (TPSA) is 16.3 Å². The molecule has 2 heterocycles. The first-order valence-electron chi connectivity index (χ1n) is 30.7. The number of anilines is 6. The Bertz CT molecular complexity index is 5110. The Morgan fingerprint density at radius 3 is 1.01 bits per heavy atom. The van der Waals surface area contributed by atoms with E-state index in [1.165, 1.54) is 99.2 Å². The van der Waals surface area contributed by atoms with Gasteiger partial charge in [0.1, 0.15) is 0 Å². The number of aromatic nitrogens is 2. The van der Waals surface area contributed by atoms with Crippen LogP contribution in [0.2, 0.25) is 0 Å². The molecule has 0 fully saturated rings. The molecule has 0 bridgehead atoms. The van der Waals surface area contributed by atoms with Gasteiger partial charge in [-0.3, -0.25) is 0 Å². The summed E-state index contributed by atoms with van der Waals surface area (Å²) in [5.41, 5.74) is 27.7. The number of rotatable bonds is 10. The third-order valence-corrected chi connectivity index (χ3v) is 18.9. The fourth-order valence-corrected chi connectivity index (χ4v) is 15.2. The van der Waals surface area contributed by atoms with Crippen molar-refractivity contribution in [2.45, 2.75) is 5.41 Å². The first-order chi connectivity index (χ1) is 44.2. The van der Waals surface area contributed by atoms with Crippen LogP contribution in [0.5, 0.6) is 0 Å². The lowest BCUT2D eigenvalue weighted by atomic mass is 9.70. The van der Waals surface area contributed by atoms with Crippen LogP contribution in [0.4, 0.5) is 34.1 Å². The average molecular weight is 1130 g/mol. The smallest absolute Gasteiger partial charge is 0.0727 e. The third-order valence-electron chi connectivity index (χ3n) is 18.9. The molecule has 0 radical (unpaired) electrons. The van der Waals surface area contributed by atoms with Gasteiger partial charge >= 0.3 is 0 Å². The van der Waals surface area contributed by atoms with Gasteiger partial charge in [0.25, 0.3) is 0 Å². The van der Waals surface area contributed by atoms with Gasteiger partial charge in [0.05, 0.1) is 38.9 Å². The van der Waals surface area contributed by atoms with Gasteiger partial charge in [0, 0.05) is 66.8 Å². The highest BCUT2D eigenvalue weighted by Crippen LogP contribution is 2.66. The molecule has 1 spiro atoms. The van der Waals surface area contributed by atoms with E-state index in [1.807, 2.05) is 0 Å². The van der Waals surface area contributed by atoms with E-state index in [0.29, 0.717) is 0 Å². The second-order valence-electron chi connectivity index (χ2n) is 23.5. The molecular formula is C85H56N4. The van der Waals surface area contributed by atoms with Gasteiger partial charge in [-0.25, -0.2) is 0 Å². The molecular weight excluding hydrogens is 1080 g/mol. The van der Waals surface area contributed by atoms with Gasteiger partial charge in [0.15, 0.2) is 0 Å².